The average molecular weight is 358 g/mol. The Hall–Kier alpha value is -1.31. The molecule has 0 aliphatic carbocycles. The number of aryl methyl sites for hydroxylation is 1. The molecule has 5 nitrogen and oxygen atoms in total. The number of benzene rings is 1. The van der Waals surface area contributed by atoms with Gasteiger partial charge in [0.25, 0.3) is 10.0 Å². The molecule has 0 fully saturated rings. The van der Waals surface area contributed by atoms with Gasteiger partial charge in [-0.05, 0) is 43.8 Å². The van der Waals surface area contributed by atoms with Crippen molar-refractivity contribution in [3.05, 3.63) is 46.2 Å². The molecule has 0 unspecified atom stereocenters. The summed E-state index contributed by atoms with van der Waals surface area (Å²) in [7, 11) is -1.76. The first kappa shape index (κ1) is 15.1. The van der Waals surface area contributed by atoms with Crippen molar-refractivity contribution < 1.29 is 8.42 Å². The fourth-order valence-electron chi connectivity index (χ4n) is 1.79. The zero-order chi connectivity index (χ0) is 14.8. The fraction of sp³-hybridized carbons (Fsp3) is 0.231. The molecule has 1 heterocycles. The lowest BCUT2D eigenvalue weighted by Gasteiger charge is -2.08. The molecule has 0 aliphatic heterocycles. The van der Waals surface area contributed by atoms with Crippen molar-refractivity contribution in [3.63, 3.8) is 0 Å². The van der Waals surface area contributed by atoms with E-state index >= 15 is 0 Å². The Morgan fingerprint density at radius 3 is 2.70 bits per heavy atom. The Bertz CT molecular complexity index is 710. The van der Waals surface area contributed by atoms with E-state index in [2.05, 4.69) is 31.0 Å². The summed E-state index contributed by atoms with van der Waals surface area (Å²) >= 11 is 3.39. The first-order chi connectivity index (χ1) is 9.42. The number of nitrogens with one attached hydrogen (secondary N) is 3. The summed E-state index contributed by atoms with van der Waals surface area (Å²) in [5.41, 5.74) is 2.33. The minimum Gasteiger partial charge on any atom is -0.363 e. The smallest absolute Gasteiger partial charge is 0.263 e. The van der Waals surface area contributed by atoms with Crippen LogP contribution in [0.5, 0.6) is 0 Å². The molecule has 1 aromatic carbocycles. The van der Waals surface area contributed by atoms with Crippen molar-refractivity contribution >= 4 is 31.6 Å². The first-order valence-corrected chi connectivity index (χ1v) is 8.31. The summed E-state index contributed by atoms with van der Waals surface area (Å²) in [4.78, 5) is 3.16. The second-order valence-corrected chi connectivity index (χ2v) is 7.00. The number of hydrogen-bond acceptors (Lipinski definition) is 3. The van der Waals surface area contributed by atoms with Gasteiger partial charge in [-0.15, -0.1) is 0 Å². The van der Waals surface area contributed by atoms with E-state index in [1.54, 1.807) is 25.2 Å². The molecule has 0 bridgehead atoms. The maximum Gasteiger partial charge on any atom is 0.263 e. The van der Waals surface area contributed by atoms with Gasteiger partial charge < -0.3 is 10.3 Å². The molecule has 20 heavy (non-hydrogen) atoms. The quantitative estimate of drug-likeness (QED) is 0.769. The van der Waals surface area contributed by atoms with Crippen LogP contribution in [0.25, 0.3) is 0 Å². The molecule has 0 spiro atoms. The topological polar surface area (TPSA) is 74.0 Å². The first-order valence-electron chi connectivity index (χ1n) is 6.03. The molecule has 108 valence electrons. The van der Waals surface area contributed by atoms with Crippen molar-refractivity contribution in [2.75, 3.05) is 11.8 Å². The summed E-state index contributed by atoms with van der Waals surface area (Å²) in [6.45, 7) is 2.50. The van der Waals surface area contributed by atoms with E-state index in [0.717, 1.165) is 15.7 Å². The zero-order valence-corrected chi connectivity index (χ0v) is 13.6. The Kier molecular flexibility index (Phi) is 4.52. The molecule has 0 amide bonds. The molecule has 7 heteroatoms. The highest BCUT2D eigenvalue weighted by Gasteiger charge is 2.16. The molecule has 0 radical (unpaired) electrons. The maximum atomic E-state index is 12.3. The second-order valence-electron chi connectivity index (χ2n) is 4.46. The number of hydrogen-bond donors (Lipinski definition) is 3. The molecule has 2 aromatic rings. The number of sulfonamides is 1. The van der Waals surface area contributed by atoms with E-state index in [4.69, 9.17) is 0 Å². The molecular weight excluding hydrogens is 342 g/mol. The molecular formula is C13H16BrN3O2S. The predicted octanol–water partition coefficient (Wildman–Crippen LogP) is 2.61. The van der Waals surface area contributed by atoms with Gasteiger partial charge in [-0.3, -0.25) is 4.72 Å². The highest BCUT2D eigenvalue weighted by Crippen LogP contribution is 2.22. The lowest BCUT2D eigenvalue weighted by atomic mass is 10.2. The predicted molar refractivity (Wildman–Crippen MR) is 83.2 cm³/mol. The SMILES string of the molecule is CNCc1cc(S(=O)(=O)Nc2ccc(Br)c(C)c2)c[nH]1. The van der Waals surface area contributed by atoms with Crippen LogP contribution in [-0.2, 0) is 16.6 Å². The number of rotatable bonds is 5. The summed E-state index contributed by atoms with van der Waals surface area (Å²) in [6.07, 6.45) is 1.49. The van der Waals surface area contributed by atoms with Crippen LogP contribution in [0.2, 0.25) is 0 Å². The third-order valence-electron chi connectivity index (χ3n) is 2.80. The van der Waals surface area contributed by atoms with Gasteiger partial charge in [-0.2, -0.15) is 0 Å². The fourth-order valence-corrected chi connectivity index (χ4v) is 3.10. The second kappa shape index (κ2) is 5.99. The van der Waals surface area contributed by atoms with Gasteiger partial charge in [-0.1, -0.05) is 15.9 Å². The van der Waals surface area contributed by atoms with Crippen LogP contribution < -0.4 is 10.0 Å². The maximum absolute atomic E-state index is 12.3. The van der Waals surface area contributed by atoms with Crippen molar-refractivity contribution in [2.45, 2.75) is 18.4 Å². The Balaban J connectivity index is 2.23. The highest BCUT2D eigenvalue weighted by molar-refractivity contribution is 9.10. The van der Waals surface area contributed by atoms with Crippen LogP contribution in [0.4, 0.5) is 5.69 Å². The third kappa shape index (κ3) is 3.41. The average Bonchev–Trinajstić information content (AvgIpc) is 2.83. The van der Waals surface area contributed by atoms with Crippen LogP contribution in [0.3, 0.4) is 0 Å². The Labute approximate surface area is 127 Å². The van der Waals surface area contributed by atoms with E-state index in [-0.39, 0.29) is 4.90 Å². The number of halogens is 1. The van der Waals surface area contributed by atoms with Gasteiger partial charge in [0.2, 0.25) is 0 Å². The molecule has 3 N–H and O–H groups in total. The van der Waals surface area contributed by atoms with Gasteiger partial charge in [-0.25, -0.2) is 8.42 Å². The Morgan fingerprint density at radius 2 is 2.05 bits per heavy atom. The van der Waals surface area contributed by atoms with E-state index in [0.29, 0.717) is 12.2 Å². The highest BCUT2D eigenvalue weighted by atomic mass is 79.9. The normalized spacial score (nSPS) is 11.6. The van der Waals surface area contributed by atoms with Crippen LogP contribution in [0.15, 0.2) is 39.8 Å². The minimum atomic E-state index is -3.56. The number of anilines is 1. The lowest BCUT2D eigenvalue weighted by Crippen LogP contribution is -2.12. The van der Waals surface area contributed by atoms with Crippen molar-refractivity contribution in [1.82, 2.24) is 10.3 Å². The van der Waals surface area contributed by atoms with Crippen LogP contribution in [-0.4, -0.2) is 20.4 Å². The van der Waals surface area contributed by atoms with Gasteiger partial charge in [0.15, 0.2) is 0 Å². The number of H-pyrrole nitrogens is 1. The molecule has 0 atom stereocenters. The third-order valence-corrected chi connectivity index (χ3v) is 5.05. The van der Waals surface area contributed by atoms with Crippen LogP contribution in [0.1, 0.15) is 11.3 Å². The molecule has 2 rings (SSSR count). The van der Waals surface area contributed by atoms with E-state index < -0.39 is 10.0 Å². The molecule has 0 aliphatic rings. The van der Waals surface area contributed by atoms with Crippen LogP contribution in [0, 0.1) is 6.92 Å². The van der Waals surface area contributed by atoms with Gasteiger partial charge >= 0.3 is 0 Å². The summed E-state index contributed by atoms with van der Waals surface area (Å²) < 4.78 is 28.0. The van der Waals surface area contributed by atoms with E-state index in [1.165, 1.54) is 6.20 Å². The standard InChI is InChI=1S/C13H16BrN3O2S/c1-9-5-10(3-4-13(9)14)17-20(18,19)12-6-11(7-15-2)16-8-12/h3-6,8,15-17H,7H2,1-2H3. The van der Waals surface area contributed by atoms with Crippen molar-refractivity contribution in [3.8, 4) is 0 Å². The van der Waals surface area contributed by atoms with Gasteiger partial charge in [0.05, 0.1) is 0 Å². The zero-order valence-electron chi connectivity index (χ0n) is 11.2. The number of aromatic nitrogens is 1. The summed E-state index contributed by atoms with van der Waals surface area (Å²) in [6, 6.07) is 6.93. The van der Waals surface area contributed by atoms with Crippen LogP contribution >= 0.6 is 15.9 Å². The van der Waals surface area contributed by atoms with Crippen molar-refractivity contribution in [2.24, 2.45) is 0 Å². The van der Waals surface area contributed by atoms with E-state index in [9.17, 15) is 8.42 Å². The monoisotopic (exact) mass is 357 g/mol. The molecule has 0 saturated carbocycles. The van der Waals surface area contributed by atoms with Gasteiger partial charge in [0.1, 0.15) is 4.90 Å². The van der Waals surface area contributed by atoms with Crippen molar-refractivity contribution in [1.29, 1.82) is 0 Å². The van der Waals surface area contributed by atoms with Gasteiger partial charge in [0, 0.05) is 28.6 Å². The lowest BCUT2D eigenvalue weighted by molar-refractivity contribution is 0.601. The molecule has 1 aromatic heterocycles. The summed E-state index contributed by atoms with van der Waals surface area (Å²) in [5, 5.41) is 2.96. The largest absolute Gasteiger partial charge is 0.363 e. The van der Waals surface area contributed by atoms with E-state index in [1.807, 2.05) is 13.0 Å². The number of aromatic amines is 1. The molecule has 0 saturated heterocycles. The minimum absolute atomic E-state index is 0.225. The summed E-state index contributed by atoms with van der Waals surface area (Å²) in [5.74, 6) is 0. The Morgan fingerprint density at radius 1 is 1.30 bits per heavy atom.